The minimum absolute atomic E-state index is 0.220. The standard InChI is InChI=1S/C21H34BN3O5/c1-19(2,3)28-18(26)25-10-8-9-15(13-25)14-27-17-23-11-16(12-24-17)22-29-20(4,5)21(6,7)30-22/h11-12,15H,8-10,13-14H2,1-7H3/t15-/m0/s1. The van der Waals surface area contributed by atoms with Crippen LogP contribution in [-0.4, -0.2) is 64.6 Å². The molecule has 166 valence electrons. The molecule has 1 aromatic heterocycles. The van der Waals surface area contributed by atoms with Crippen LogP contribution in [0.4, 0.5) is 4.79 Å². The van der Waals surface area contributed by atoms with E-state index < -0.39 is 23.9 Å². The normalized spacial score (nSPS) is 23.4. The van der Waals surface area contributed by atoms with Gasteiger partial charge in [0.15, 0.2) is 0 Å². The van der Waals surface area contributed by atoms with Crippen molar-refractivity contribution in [2.24, 2.45) is 5.92 Å². The third-order valence-corrected chi connectivity index (χ3v) is 5.79. The molecule has 0 spiro atoms. The maximum absolute atomic E-state index is 12.3. The molecule has 1 amide bonds. The van der Waals surface area contributed by atoms with Crippen LogP contribution >= 0.6 is 0 Å². The second kappa shape index (κ2) is 8.34. The zero-order valence-corrected chi connectivity index (χ0v) is 19.2. The first kappa shape index (κ1) is 22.8. The number of likely N-dealkylation sites (tertiary alicyclic amines) is 1. The second-order valence-electron chi connectivity index (χ2n) is 10.1. The molecule has 1 atom stereocenters. The van der Waals surface area contributed by atoms with Gasteiger partial charge in [0.1, 0.15) is 5.60 Å². The Morgan fingerprint density at radius 3 is 2.37 bits per heavy atom. The number of rotatable bonds is 4. The summed E-state index contributed by atoms with van der Waals surface area (Å²) in [6, 6.07) is 0.310. The quantitative estimate of drug-likeness (QED) is 0.694. The molecule has 2 aliphatic heterocycles. The Kier molecular flexibility index (Phi) is 6.34. The first-order valence-electron chi connectivity index (χ1n) is 10.6. The molecule has 0 aromatic carbocycles. The molecule has 0 N–H and O–H groups in total. The molecule has 30 heavy (non-hydrogen) atoms. The lowest BCUT2D eigenvalue weighted by atomic mass is 9.81. The van der Waals surface area contributed by atoms with Gasteiger partial charge in [0, 0.05) is 36.9 Å². The van der Waals surface area contributed by atoms with E-state index in [1.807, 2.05) is 48.5 Å². The average molecular weight is 419 g/mol. The Hall–Kier alpha value is -1.87. The summed E-state index contributed by atoms with van der Waals surface area (Å²) in [4.78, 5) is 22.7. The Balaban J connectivity index is 1.51. The SMILES string of the molecule is CC(C)(C)OC(=O)N1CCC[C@H](COc2ncc(B3OC(C)(C)C(C)(C)O3)cn2)C1. The topological polar surface area (TPSA) is 83.0 Å². The number of ether oxygens (including phenoxy) is 2. The van der Waals surface area contributed by atoms with Crippen molar-refractivity contribution in [2.75, 3.05) is 19.7 Å². The van der Waals surface area contributed by atoms with Gasteiger partial charge in [-0.1, -0.05) is 0 Å². The average Bonchev–Trinajstić information content (AvgIpc) is 2.87. The number of hydrogen-bond acceptors (Lipinski definition) is 7. The molecular formula is C21H34BN3O5. The van der Waals surface area contributed by atoms with Crippen molar-refractivity contribution in [1.29, 1.82) is 0 Å². The molecule has 2 saturated heterocycles. The Labute approximate surface area is 179 Å². The van der Waals surface area contributed by atoms with Gasteiger partial charge < -0.3 is 23.7 Å². The lowest BCUT2D eigenvalue weighted by molar-refractivity contribution is 0.00578. The summed E-state index contributed by atoms with van der Waals surface area (Å²) in [5.74, 6) is 0.220. The molecule has 0 unspecified atom stereocenters. The monoisotopic (exact) mass is 419 g/mol. The van der Waals surface area contributed by atoms with E-state index >= 15 is 0 Å². The van der Waals surface area contributed by atoms with E-state index in [1.54, 1.807) is 17.3 Å². The van der Waals surface area contributed by atoms with Gasteiger partial charge in [0.25, 0.3) is 0 Å². The van der Waals surface area contributed by atoms with Crippen LogP contribution < -0.4 is 10.2 Å². The van der Waals surface area contributed by atoms with Crippen molar-refractivity contribution in [1.82, 2.24) is 14.9 Å². The van der Waals surface area contributed by atoms with Crippen molar-refractivity contribution < 1.29 is 23.6 Å². The van der Waals surface area contributed by atoms with Crippen LogP contribution in [0.25, 0.3) is 0 Å². The Morgan fingerprint density at radius 1 is 1.20 bits per heavy atom. The fourth-order valence-corrected chi connectivity index (χ4v) is 3.39. The van der Waals surface area contributed by atoms with E-state index in [9.17, 15) is 4.79 Å². The molecule has 0 aliphatic carbocycles. The Bertz CT molecular complexity index is 732. The minimum atomic E-state index is -0.496. The zero-order chi connectivity index (χ0) is 22.2. The van der Waals surface area contributed by atoms with E-state index in [2.05, 4.69) is 9.97 Å². The second-order valence-corrected chi connectivity index (χ2v) is 10.1. The lowest BCUT2D eigenvalue weighted by Gasteiger charge is -2.33. The van der Waals surface area contributed by atoms with Crippen molar-refractivity contribution in [3.63, 3.8) is 0 Å². The van der Waals surface area contributed by atoms with Gasteiger partial charge >= 0.3 is 19.2 Å². The van der Waals surface area contributed by atoms with Gasteiger partial charge in [-0.3, -0.25) is 0 Å². The van der Waals surface area contributed by atoms with Gasteiger partial charge in [0.05, 0.1) is 17.8 Å². The van der Waals surface area contributed by atoms with Crippen LogP contribution in [0.3, 0.4) is 0 Å². The van der Waals surface area contributed by atoms with Crippen LogP contribution in [0, 0.1) is 5.92 Å². The van der Waals surface area contributed by atoms with Crippen LogP contribution in [0.2, 0.25) is 0 Å². The summed E-state index contributed by atoms with van der Waals surface area (Å²) in [7, 11) is -0.496. The van der Waals surface area contributed by atoms with Crippen LogP contribution in [0.5, 0.6) is 6.01 Å². The lowest BCUT2D eigenvalue weighted by Crippen LogP contribution is -2.44. The summed E-state index contributed by atoms with van der Waals surface area (Å²) in [6.07, 6.45) is 5.01. The summed E-state index contributed by atoms with van der Waals surface area (Å²) >= 11 is 0. The highest BCUT2D eigenvalue weighted by molar-refractivity contribution is 6.61. The molecule has 0 radical (unpaired) electrons. The smallest absolute Gasteiger partial charge is 0.463 e. The summed E-state index contributed by atoms with van der Waals surface area (Å²) in [5, 5.41) is 0. The molecule has 1 aromatic rings. The highest BCUT2D eigenvalue weighted by Crippen LogP contribution is 2.36. The fraction of sp³-hybridized carbons (Fsp3) is 0.762. The molecular weight excluding hydrogens is 385 g/mol. The molecule has 3 rings (SSSR count). The number of aromatic nitrogens is 2. The van der Waals surface area contributed by atoms with Crippen LogP contribution in [-0.2, 0) is 14.0 Å². The van der Waals surface area contributed by atoms with Crippen LogP contribution in [0.1, 0.15) is 61.3 Å². The Morgan fingerprint density at radius 2 is 1.80 bits per heavy atom. The molecule has 0 saturated carbocycles. The van der Waals surface area contributed by atoms with Gasteiger partial charge in [0.2, 0.25) is 0 Å². The first-order chi connectivity index (χ1) is 13.9. The van der Waals surface area contributed by atoms with E-state index in [-0.39, 0.29) is 12.0 Å². The highest BCUT2D eigenvalue weighted by atomic mass is 16.7. The van der Waals surface area contributed by atoms with Crippen molar-refractivity contribution in [3.8, 4) is 6.01 Å². The number of hydrogen-bond donors (Lipinski definition) is 0. The number of piperidine rings is 1. The highest BCUT2D eigenvalue weighted by Gasteiger charge is 2.52. The number of nitrogens with zero attached hydrogens (tertiary/aromatic N) is 3. The minimum Gasteiger partial charge on any atom is -0.463 e. The predicted molar refractivity (Wildman–Crippen MR) is 114 cm³/mol. The maximum Gasteiger partial charge on any atom is 0.498 e. The molecule has 2 aliphatic rings. The largest absolute Gasteiger partial charge is 0.498 e. The molecule has 2 fully saturated rings. The maximum atomic E-state index is 12.3. The van der Waals surface area contributed by atoms with Crippen molar-refractivity contribution in [2.45, 2.75) is 78.1 Å². The molecule has 3 heterocycles. The predicted octanol–water partition coefficient (Wildman–Crippen LogP) is 2.80. The number of amides is 1. The number of carbonyl (C=O) groups excluding carboxylic acids is 1. The zero-order valence-electron chi connectivity index (χ0n) is 19.2. The van der Waals surface area contributed by atoms with Gasteiger partial charge in [-0.15, -0.1) is 0 Å². The van der Waals surface area contributed by atoms with Gasteiger partial charge in [-0.05, 0) is 61.3 Å². The summed E-state index contributed by atoms with van der Waals surface area (Å²) in [5.41, 5.74) is -0.552. The molecule has 0 bridgehead atoms. The fourth-order valence-electron chi connectivity index (χ4n) is 3.39. The molecule has 8 nitrogen and oxygen atoms in total. The van der Waals surface area contributed by atoms with E-state index in [1.165, 1.54) is 0 Å². The third kappa shape index (κ3) is 5.43. The third-order valence-electron chi connectivity index (χ3n) is 5.79. The van der Waals surface area contributed by atoms with E-state index in [0.717, 1.165) is 18.3 Å². The number of carbonyl (C=O) groups is 1. The summed E-state index contributed by atoms with van der Waals surface area (Å²) in [6.45, 7) is 15.4. The van der Waals surface area contributed by atoms with E-state index in [4.69, 9.17) is 18.8 Å². The molecule has 9 heteroatoms. The van der Waals surface area contributed by atoms with E-state index in [0.29, 0.717) is 25.7 Å². The summed E-state index contributed by atoms with van der Waals surface area (Å²) < 4.78 is 23.3. The van der Waals surface area contributed by atoms with Crippen LogP contribution in [0.15, 0.2) is 12.4 Å². The first-order valence-corrected chi connectivity index (χ1v) is 10.6. The van der Waals surface area contributed by atoms with Crippen molar-refractivity contribution in [3.05, 3.63) is 12.4 Å². The van der Waals surface area contributed by atoms with Gasteiger partial charge in [-0.25, -0.2) is 14.8 Å². The van der Waals surface area contributed by atoms with Gasteiger partial charge in [-0.2, -0.15) is 0 Å². The van der Waals surface area contributed by atoms with Crippen molar-refractivity contribution >= 4 is 18.7 Å².